The minimum Gasteiger partial charge on any atom is -0.454 e. The van der Waals surface area contributed by atoms with E-state index in [9.17, 15) is 9.59 Å². The average Bonchev–Trinajstić information content (AvgIpc) is 3.34. The number of hydrogen-bond acceptors (Lipinski definition) is 4. The van der Waals surface area contributed by atoms with Crippen LogP contribution in [0.4, 0.5) is 0 Å². The molecule has 0 spiro atoms. The van der Waals surface area contributed by atoms with Crippen molar-refractivity contribution in [1.29, 1.82) is 0 Å². The van der Waals surface area contributed by atoms with Crippen LogP contribution in [0.15, 0.2) is 42.5 Å². The van der Waals surface area contributed by atoms with Crippen LogP contribution in [0.1, 0.15) is 41.1 Å². The Morgan fingerprint density at radius 1 is 1.07 bits per heavy atom. The molecule has 140 valence electrons. The molecular weight excluding hydrogens is 366 g/mol. The zero-order valence-electron chi connectivity index (χ0n) is 14.8. The van der Waals surface area contributed by atoms with Crippen LogP contribution in [-0.4, -0.2) is 36.5 Å². The molecule has 27 heavy (non-hydrogen) atoms. The van der Waals surface area contributed by atoms with Gasteiger partial charge in [0.05, 0.1) is 0 Å². The molecular formula is C21H20ClNO4. The molecule has 0 radical (unpaired) electrons. The number of rotatable bonds is 5. The van der Waals surface area contributed by atoms with Crippen LogP contribution in [0.25, 0.3) is 0 Å². The Hall–Kier alpha value is -2.53. The summed E-state index contributed by atoms with van der Waals surface area (Å²) in [6.45, 7) is 1.64. The number of benzene rings is 2. The summed E-state index contributed by atoms with van der Waals surface area (Å²) in [6.07, 6.45) is 1.33. The summed E-state index contributed by atoms with van der Waals surface area (Å²) < 4.78 is 10.8. The molecule has 2 aromatic rings. The van der Waals surface area contributed by atoms with Gasteiger partial charge in [0, 0.05) is 42.4 Å². The second-order valence-electron chi connectivity index (χ2n) is 6.87. The molecule has 1 fully saturated rings. The largest absolute Gasteiger partial charge is 0.454 e. The van der Waals surface area contributed by atoms with Crippen LogP contribution in [0, 0.1) is 0 Å². The first kappa shape index (κ1) is 17.9. The smallest absolute Gasteiger partial charge is 0.231 e. The van der Waals surface area contributed by atoms with Crippen LogP contribution < -0.4 is 9.47 Å². The van der Waals surface area contributed by atoms with Crippen molar-refractivity contribution >= 4 is 23.3 Å². The van der Waals surface area contributed by atoms with Gasteiger partial charge in [-0.3, -0.25) is 9.59 Å². The quantitative estimate of drug-likeness (QED) is 0.729. The molecule has 0 saturated carbocycles. The standard InChI is InChI=1S/C21H20ClNO4/c22-17-3-1-2-15(10-17)18(24)5-7-21(25)23-9-8-16(12-23)14-4-6-19-20(11-14)27-13-26-19/h1-4,6,10-11,16H,5,7-9,12-13H2. The lowest BCUT2D eigenvalue weighted by molar-refractivity contribution is -0.130. The van der Waals surface area contributed by atoms with E-state index in [1.807, 2.05) is 23.1 Å². The third kappa shape index (κ3) is 3.93. The molecule has 6 heteroatoms. The first-order valence-corrected chi connectivity index (χ1v) is 9.44. The van der Waals surface area contributed by atoms with Gasteiger partial charge in [-0.25, -0.2) is 0 Å². The zero-order chi connectivity index (χ0) is 18.8. The average molecular weight is 386 g/mol. The molecule has 5 nitrogen and oxygen atoms in total. The predicted octanol–water partition coefficient (Wildman–Crippen LogP) is 4.05. The Morgan fingerprint density at radius 2 is 1.93 bits per heavy atom. The molecule has 1 unspecified atom stereocenters. The second-order valence-corrected chi connectivity index (χ2v) is 7.31. The number of hydrogen-bond donors (Lipinski definition) is 0. The van der Waals surface area contributed by atoms with Crippen LogP contribution in [-0.2, 0) is 4.79 Å². The van der Waals surface area contributed by atoms with Crippen LogP contribution >= 0.6 is 11.6 Å². The number of ketones is 1. The molecule has 0 N–H and O–H groups in total. The Morgan fingerprint density at radius 3 is 2.78 bits per heavy atom. The van der Waals surface area contributed by atoms with E-state index in [4.69, 9.17) is 21.1 Å². The van der Waals surface area contributed by atoms with E-state index in [0.717, 1.165) is 23.5 Å². The normalized spacial score (nSPS) is 18.0. The minimum atomic E-state index is -0.0580. The van der Waals surface area contributed by atoms with Gasteiger partial charge in [-0.2, -0.15) is 0 Å². The van der Waals surface area contributed by atoms with Crippen molar-refractivity contribution in [2.45, 2.75) is 25.2 Å². The topological polar surface area (TPSA) is 55.8 Å². The minimum absolute atomic E-state index is 0.0219. The van der Waals surface area contributed by atoms with Gasteiger partial charge in [0.15, 0.2) is 17.3 Å². The maximum absolute atomic E-state index is 12.5. The van der Waals surface area contributed by atoms with Crippen molar-refractivity contribution in [2.24, 2.45) is 0 Å². The van der Waals surface area contributed by atoms with Crippen molar-refractivity contribution in [3.05, 3.63) is 58.6 Å². The fourth-order valence-electron chi connectivity index (χ4n) is 3.61. The maximum atomic E-state index is 12.5. The highest BCUT2D eigenvalue weighted by Gasteiger charge is 2.28. The molecule has 1 saturated heterocycles. The van der Waals surface area contributed by atoms with Gasteiger partial charge < -0.3 is 14.4 Å². The second kappa shape index (κ2) is 7.61. The van der Waals surface area contributed by atoms with Crippen molar-refractivity contribution < 1.29 is 19.1 Å². The SMILES string of the molecule is O=C(CCC(=O)N1CCC(c2ccc3c(c2)OCO3)C1)c1cccc(Cl)c1. The van der Waals surface area contributed by atoms with E-state index >= 15 is 0 Å². The molecule has 4 rings (SSSR count). The number of carbonyl (C=O) groups excluding carboxylic acids is 2. The summed E-state index contributed by atoms with van der Waals surface area (Å²) in [5, 5.41) is 0.526. The molecule has 1 amide bonds. The van der Waals surface area contributed by atoms with E-state index in [1.54, 1.807) is 24.3 Å². The summed E-state index contributed by atoms with van der Waals surface area (Å²) in [5.41, 5.74) is 1.71. The number of ether oxygens (including phenoxy) is 2. The Bertz CT molecular complexity index is 882. The van der Waals surface area contributed by atoms with Gasteiger partial charge >= 0.3 is 0 Å². The lowest BCUT2D eigenvalue weighted by atomic mass is 9.98. The van der Waals surface area contributed by atoms with Crippen molar-refractivity contribution in [3.8, 4) is 11.5 Å². The monoisotopic (exact) mass is 385 g/mol. The number of carbonyl (C=O) groups is 2. The highest BCUT2D eigenvalue weighted by atomic mass is 35.5. The lowest BCUT2D eigenvalue weighted by Gasteiger charge is -2.17. The van der Waals surface area contributed by atoms with Gasteiger partial charge in [-0.05, 0) is 36.2 Å². The van der Waals surface area contributed by atoms with E-state index in [0.29, 0.717) is 23.7 Å². The summed E-state index contributed by atoms with van der Waals surface area (Å²) in [6, 6.07) is 12.8. The molecule has 1 atom stereocenters. The van der Waals surface area contributed by atoms with E-state index in [-0.39, 0.29) is 37.2 Å². The van der Waals surface area contributed by atoms with Crippen molar-refractivity contribution in [3.63, 3.8) is 0 Å². The first-order chi connectivity index (χ1) is 13.1. The maximum Gasteiger partial charge on any atom is 0.231 e. The predicted molar refractivity (Wildman–Crippen MR) is 102 cm³/mol. The number of likely N-dealkylation sites (tertiary alicyclic amines) is 1. The fraction of sp³-hybridized carbons (Fsp3) is 0.333. The zero-order valence-corrected chi connectivity index (χ0v) is 15.6. The van der Waals surface area contributed by atoms with Gasteiger partial charge in [-0.15, -0.1) is 0 Å². The van der Waals surface area contributed by atoms with E-state index < -0.39 is 0 Å². The summed E-state index contributed by atoms with van der Waals surface area (Å²) >= 11 is 5.92. The van der Waals surface area contributed by atoms with Gasteiger partial charge in [0.2, 0.25) is 12.7 Å². The molecule has 2 aliphatic heterocycles. The first-order valence-electron chi connectivity index (χ1n) is 9.06. The molecule has 2 aromatic carbocycles. The molecule has 2 heterocycles. The van der Waals surface area contributed by atoms with Crippen molar-refractivity contribution in [1.82, 2.24) is 4.90 Å². The highest BCUT2D eigenvalue weighted by Crippen LogP contribution is 2.37. The van der Waals surface area contributed by atoms with Crippen LogP contribution in [0.3, 0.4) is 0 Å². The van der Waals surface area contributed by atoms with Crippen LogP contribution in [0.2, 0.25) is 5.02 Å². The number of nitrogens with zero attached hydrogens (tertiary/aromatic N) is 1. The van der Waals surface area contributed by atoms with E-state index in [2.05, 4.69) is 0 Å². The number of amides is 1. The summed E-state index contributed by atoms with van der Waals surface area (Å²) in [4.78, 5) is 26.6. The molecule has 0 aromatic heterocycles. The van der Waals surface area contributed by atoms with E-state index in [1.165, 1.54) is 0 Å². The third-order valence-corrected chi connectivity index (χ3v) is 5.36. The number of Topliss-reactive ketones (excluding diaryl/α,β-unsaturated/α-hetero) is 1. The highest BCUT2D eigenvalue weighted by molar-refractivity contribution is 6.31. The third-order valence-electron chi connectivity index (χ3n) is 5.12. The Labute approximate surface area is 162 Å². The Kier molecular flexibility index (Phi) is 5.03. The van der Waals surface area contributed by atoms with Gasteiger partial charge in [0.1, 0.15) is 0 Å². The summed E-state index contributed by atoms with van der Waals surface area (Å²) in [5.74, 6) is 1.78. The van der Waals surface area contributed by atoms with Gasteiger partial charge in [-0.1, -0.05) is 29.8 Å². The number of fused-ring (bicyclic) bond motifs is 1. The van der Waals surface area contributed by atoms with Crippen LogP contribution in [0.5, 0.6) is 11.5 Å². The Balaban J connectivity index is 1.32. The van der Waals surface area contributed by atoms with Crippen molar-refractivity contribution in [2.75, 3.05) is 19.9 Å². The lowest BCUT2D eigenvalue weighted by Crippen LogP contribution is -2.28. The molecule has 0 aliphatic carbocycles. The summed E-state index contributed by atoms with van der Waals surface area (Å²) in [7, 11) is 0. The molecule has 2 aliphatic rings. The number of halogens is 1. The fourth-order valence-corrected chi connectivity index (χ4v) is 3.80. The van der Waals surface area contributed by atoms with Gasteiger partial charge in [0.25, 0.3) is 0 Å². The molecule has 0 bridgehead atoms.